The van der Waals surface area contributed by atoms with Crippen LogP contribution in [0.15, 0.2) is 0 Å². The van der Waals surface area contributed by atoms with Gasteiger partial charge in [0.2, 0.25) is 5.13 Å². The predicted molar refractivity (Wildman–Crippen MR) is 60.4 cm³/mol. The molecule has 2 rings (SSSR count). The topological polar surface area (TPSA) is 29.0 Å². The molecule has 0 spiro atoms. The minimum absolute atomic E-state index is 0.342. The summed E-state index contributed by atoms with van der Waals surface area (Å²) in [7, 11) is 0. The van der Waals surface area contributed by atoms with Crippen LogP contribution < -0.4 is 4.90 Å². The van der Waals surface area contributed by atoms with E-state index in [0.29, 0.717) is 5.38 Å². The first-order chi connectivity index (χ1) is 6.75. The Labute approximate surface area is 93.3 Å². The smallest absolute Gasteiger partial charge is 0.205 e. The minimum Gasteiger partial charge on any atom is -0.347 e. The summed E-state index contributed by atoms with van der Waals surface area (Å²) in [6, 6.07) is 0. The van der Waals surface area contributed by atoms with E-state index >= 15 is 0 Å². The lowest BCUT2D eigenvalue weighted by Gasteiger charge is -2.17. The molecule has 14 heavy (non-hydrogen) atoms. The van der Waals surface area contributed by atoms with Crippen molar-refractivity contribution in [2.24, 2.45) is 0 Å². The standard InChI is InChI=1S/C9H14ClN3S/c1-7-11-9(14-12-7)13-5-2-3-8(10)4-6-13/h8H,2-6H2,1H3. The molecule has 1 fully saturated rings. The van der Waals surface area contributed by atoms with Crippen LogP contribution in [-0.4, -0.2) is 27.8 Å². The lowest BCUT2D eigenvalue weighted by Crippen LogP contribution is -2.24. The molecule has 0 aliphatic carbocycles. The SMILES string of the molecule is Cc1nsc(N2CCCC(Cl)CC2)n1. The van der Waals surface area contributed by atoms with Crippen LogP contribution >= 0.6 is 23.1 Å². The summed E-state index contributed by atoms with van der Waals surface area (Å²) >= 11 is 7.61. The largest absolute Gasteiger partial charge is 0.347 e. The highest BCUT2D eigenvalue weighted by atomic mass is 35.5. The van der Waals surface area contributed by atoms with E-state index in [2.05, 4.69) is 14.3 Å². The third-order valence-electron chi connectivity index (χ3n) is 2.45. The molecule has 0 amide bonds. The van der Waals surface area contributed by atoms with E-state index in [1.807, 2.05) is 6.92 Å². The van der Waals surface area contributed by atoms with E-state index in [9.17, 15) is 0 Å². The molecule has 1 unspecified atom stereocenters. The van der Waals surface area contributed by atoms with E-state index < -0.39 is 0 Å². The third-order valence-corrected chi connectivity index (χ3v) is 3.75. The second-order valence-corrected chi connectivity index (χ2v) is 4.99. The van der Waals surface area contributed by atoms with Crippen LogP contribution in [0.4, 0.5) is 5.13 Å². The molecule has 0 radical (unpaired) electrons. The van der Waals surface area contributed by atoms with Crippen molar-refractivity contribution in [3.05, 3.63) is 5.82 Å². The van der Waals surface area contributed by atoms with Crippen molar-refractivity contribution < 1.29 is 0 Å². The van der Waals surface area contributed by atoms with Crippen molar-refractivity contribution in [3.63, 3.8) is 0 Å². The van der Waals surface area contributed by atoms with Gasteiger partial charge in [0.25, 0.3) is 0 Å². The Kier molecular flexibility index (Phi) is 3.23. The van der Waals surface area contributed by atoms with Gasteiger partial charge in [-0.1, -0.05) is 0 Å². The van der Waals surface area contributed by atoms with Crippen LogP contribution in [-0.2, 0) is 0 Å². The lowest BCUT2D eigenvalue weighted by molar-refractivity contribution is 0.735. The fourth-order valence-corrected chi connectivity index (χ4v) is 2.64. The fraction of sp³-hybridized carbons (Fsp3) is 0.778. The molecule has 2 heterocycles. The Morgan fingerprint density at radius 1 is 1.43 bits per heavy atom. The molecule has 78 valence electrons. The number of halogens is 1. The Hall–Kier alpha value is -0.350. The highest BCUT2D eigenvalue weighted by Crippen LogP contribution is 2.23. The van der Waals surface area contributed by atoms with Gasteiger partial charge in [0.15, 0.2) is 0 Å². The second kappa shape index (κ2) is 4.45. The van der Waals surface area contributed by atoms with E-state index in [1.165, 1.54) is 11.5 Å². The van der Waals surface area contributed by atoms with E-state index in [0.717, 1.165) is 43.3 Å². The third kappa shape index (κ3) is 2.36. The van der Waals surface area contributed by atoms with Gasteiger partial charge in [-0.3, -0.25) is 0 Å². The zero-order chi connectivity index (χ0) is 9.97. The maximum absolute atomic E-state index is 6.12. The first-order valence-corrected chi connectivity index (χ1v) is 6.16. The highest BCUT2D eigenvalue weighted by molar-refractivity contribution is 7.09. The van der Waals surface area contributed by atoms with E-state index in [-0.39, 0.29) is 0 Å². The van der Waals surface area contributed by atoms with Crippen molar-refractivity contribution in [2.75, 3.05) is 18.0 Å². The van der Waals surface area contributed by atoms with Gasteiger partial charge >= 0.3 is 0 Å². The van der Waals surface area contributed by atoms with Crippen LogP contribution in [0.1, 0.15) is 25.1 Å². The molecule has 1 aliphatic heterocycles. The summed E-state index contributed by atoms with van der Waals surface area (Å²) in [4.78, 5) is 6.69. The minimum atomic E-state index is 0.342. The Bertz CT molecular complexity index is 302. The molecule has 3 nitrogen and oxygen atoms in total. The van der Waals surface area contributed by atoms with Crippen LogP contribution in [0.2, 0.25) is 0 Å². The molecular weight excluding hydrogens is 218 g/mol. The Morgan fingerprint density at radius 2 is 2.29 bits per heavy atom. The predicted octanol–water partition coefficient (Wildman–Crippen LogP) is 2.44. The first-order valence-electron chi connectivity index (χ1n) is 4.95. The molecule has 1 aromatic rings. The number of alkyl halides is 1. The van der Waals surface area contributed by atoms with Gasteiger partial charge < -0.3 is 4.90 Å². The van der Waals surface area contributed by atoms with Gasteiger partial charge in [0, 0.05) is 30.0 Å². The quantitative estimate of drug-likeness (QED) is 0.696. The number of anilines is 1. The Morgan fingerprint density at radius 3 is 3.00 bits per heavy atom. The molecule has 1 aliphatic rings. The van der Waals surface area contributed by atoms with Crippen LogP contribution in [0.25, 0.3) is 0 Å². The number of nitrogens with zero attached hydrogens (tertiary/aromatic N) is 3. The van der Waals surface area contributed by atoms with Crippen molar-refractivity contribution in [1.82, 2.24) is 9.36 Å². The molecule has 1 saturated heterocycles. The summed E-state index contributed by atoms with van der Waals surface area (Å²) in [6.45, 7) is 4.02. The maximum atomic E-state index is 6.12. The van der Waals surface area contributed by atoms with Crippen LogP contribution in [0.3, 0.4) is 0 Å². The van der Waals surface area contributed by atoms with Crippen molar-refractivity contribution >= 4 is 28.3 Å². The van der Waals surface area contributed by atoms with Crippen molar-refractivity contribution in [3.8, 4) is 0 Å². The fourth-order valence-electron chi connectivity index (χ4n) is 1.66. The lowest BCUT2D eigenvalue weighted by atomic mass is 10.2. The molecule has 1 aromatic heterocycles. The van der Waals surface area contributed by atoms with Gasteiger partial charge in [-0.05, 0) is 26.2 Å². The van der Waals surface area contributed by atoms with Crippen molar-refractivity contribution in [1.29, 1.82) is 0 Å². The Balaban J connectivity index is 2.04. The van der Waals surface area contributed by atoms with Gasteiger partial charge in [0.05, 0.1) is 0 Å². The molecule has 0 aromatic carbocycles. The summed E-state index contributed by atoms with van der Waals surface area (Å²) in [5.41, 5.74) is 0. The van der Waals surface area contributed by atoms with Gasteiger partial charge in [-0.15, -0.1) is 11.6 Å². The van der Waals surface area contributed by atoms with Gasteiger partial charge in [-0.25, -0.2) is 4.98 Å². The molecule has 0 saturated carbocycles. The first kappa shape index (κ1) is 10.2. The average molecular weight is 232 g/mol. The van der Waals surface area contributed by atoms with Crippen molar-refractivity contribution in [2.45, 2.75) is 31.6 Å². The number of aryl methyl sites for hydroxylation is 1. The molecular formula is C9H14ClN3S. The zero-order valence-electron chi connectivity index (χ0n) is 8.24. The van der Waals surface area contributed by atoms with E-state index in [1.54, 1.807) is 0 Å². The van der Waals surface area contributed by atoms with Gasteiger partial charge in [0.1, 0.15) is 5.82 Å². The number of aromatic nitrogens is 2. The van der Waals surface area contributed by atoms with Crippen LogP contribution in [0, 0.1) is 6.92 Å². The second-order valence-electron chi connectivity index (χ2n) is 3.64. The summed E-state index contributed by atoms with van der Waals surface area (Å²) in [5.74, 6) is 0.872. The van der Waals surface area contributed by atoms with E-state index in [4.69, 9.17) is 11.6 Å². The average Bonchev–Trinajstić information content (AvgIpc) is 2.46. The summed E-state index contributed by atoms with van der Waals surface area (Å²) < 4.78 is 4.20. The van der Waals surface area contributed by atoms with Gasteiger partial charge in [-0.2, -0.15) is 4.37 Å². The zero-order valence-corrected chi connectivity index (χ0v) is 9.81. The maximum Gasteiger partial charge on any atom is 0.205 e. The molecule has 0 N–H and O–H groups in total. The molecule has 0 bridgehead atoms. The number of hydrogen-bond acceptors (Lipinski definition) is 4. The number of hydrogen-bond donors (Lipinski definition) is 0. The summed E-state index contributed by atoms with van der Waals surface area (Å²) in [6.07, 6.45) is 3.34. The monoisotopic (exact) mass is 231 g/mol. The highest BCUT2D eigenvalue weighted by Gasteiger charge is 2.17. The normalized spacial score (nSPS) is 23.6. The molecule has 1 atom stereocenters. The van der Waals surface area contributed by atoms with Crippen LogP contribution in [0.5, 0.6) is 0 Å². The molecule has 5 heteroatoms. The number of rotatable bonds is 1. The summed E-state index contributed by atoms with van der Waals surface area (Å²) in [5, 5.41) is 1.39.